The third-order valence-electron chi connectivity index (χ3n) is 7.02. The molecule has 0 saturated carbocycles. The Balaban J connectivity index is 1.64. The van der Waals surface area contributed by atoms with Crippen molar-refractivity contribution in [2.45, 2.75) is 49.4 Å². The van der Waals surface area contributed by atoms with Crippen LogP contribution in [-0.4, -0.2) is 79.7 Å². The van der Waals surface area contributed by atoms with Crippen molar-refractivity contribution in [3.63, 3.8) is 0 Å². The summed E-state index contributed by atoms with van der Waals surface area (Å²) in [7, 11) is 0. The molecule has 9 nitrogen and oxygen atoms in total. The first-order chi connectivity index (χ1) is 20.6. The smallest absolute Gasteiger partial charge is 0.382 e. The molecule has 0 radical (unpaired) electrons. The van der Waals surface area contributed by atoms with Crippen LogP contribution in [0.25, 0.3) is 16.8 Å². The Morgan fingerprint density at radius 2 is 1.64 bits per heavy atom. The fourth-order valence-electron chi connectivity index (χ4n) is 4.65. The Bertz CT molecular complexity index is 1620. The number of halogens is 12. The zero-order valence-electron chi connectivity index (χ0n) is 22.0. The Labute approximate surface area is 242 Å². The molecule has 1 fully saturated rings. The van der Waals surface area contributed by atoms with E-state index in [4.69, 9.17) is 5.73 Å². The molecule has 21 heteroatoms. The topological polar surface area (TPSA) is 126 Å². The molecule has 2 atom stereocenters. The summed E-state index contributed by atoms with van der Waals surface area (Å²) in [6.07, 6.45) is -21.8. The van der Waals surface area contributed by atoms with Crippen molar-refractivity contribution >= 4 is 23.1 Å². The van der Waals surface area contributed by atoms with Crippen LogP contribution in [0.1, 0.15) is 27.9 Å². The maximum Gasteiger partial charge on any atom is 0.426 e. The minimum Gasteiger partial charge on any atom is -0.382 e. The number of rotatable bonds is 6. The number of likely N-dealkylation sites (tertiary alicyclic amines) is 1. The lowest BCUT2D eigenvalue weighted by molar-refractivity contribution is -0.367. The van der Waals surface area contributed by atoms with Crippen molar-refractivity contribution in [3.05, 3.63) is 47.0 Å². The highest BCUT2D eigenvalue weighted by Crippen LogP contribution is 2.46. The average molecular weight is 666 g/mol. The van der Waals surface area contributed by atoms with E-state index >= 15 is 0 Å². The largest absolute Gasteiger partial charge is 0.426 e. The lowest BCUT2D eigenvalue weighted by Crippen LogP contribution is -2.59. The number of nitrogens with one attached hydrogen (secondary N) is 1. The predicted octanol–water partition coefficient (Wildman–Crippen LogP) is 4.13. The van der Waals surface area contributed by atoms with Gasteiger partial charge < -0.3 is 21.1 Å². The van der Waals surface area contributed by atoms with Gasteiger partial charge in [-0.3, -0.25) is 9.59 Å². The number of hydrogen-bond acceptors (Lipinski definition) is 6. The number of anilines is 1. The normalized spacial score (nSPS) is 18.1. The Hall–Kier alpha value is -4.30. The van der Waals surface area contributed by atoms with E-state index in [1.165, 1.54) is 0 Å². The zero-order chi connectivity index (χ0) is 33.9. The van der Waals surface area contributed by atoms with Crippen LogP contribution < -0.4 is 11.1 Å². The Morgan fingerprint density at radius 3 is 2.20 bits per heavy atom. The van der Waals surface area contributed by atoms with Crippen molar-refractivity contribution in [1.82, 2.24) is 24.8 Å². The maximum atomic E-state index is 14.9. The standard InChI is InChI=1S/C24H18F12N6O3/c25-5-11-10(1-9(2-13(11)26)16-3-12(22(28,29)30)18-19(37)38-8-39-42(16)18)20(44)40-15-7-41(6-14(15)27)17(43)4-21(45,23(31,32)33)24(34,35)36/h1-3,8,14-15,45H,4-7H2,(H,40,44)(H2,37,38,39). The number of nitrogens with zero attached hydrogens (tertiary/aromatic N) is 4. The lowest BCUT2D eigenvalue weighted by Gasteiger charge is -2.32. The molecule has 0 bridgehead atoms. The maximum absolute atomic E-state index is 14.9. The van der Waals surface area contributed by atoms with E-state index < -0.39 is 119 Å². The predicted molar refractivity (Wildman–Crippen MR) is 127 cm³/mol. The van der Waals surface area contributed by atoms with Crippen LogP contribution in [0.2, 0.25) is 0 Å². The molecule has 0 spiro atoms. The molecule has 45 heavy (non-hydrogen) atoms. The molecule has 4 rings (SSSR count). The minimum absolute atomic E-state index is 0.167. The molecule has 3 heterocycles. The molecule has 1 saturated heterocycles. The highest BCUT2D eigenvalue weighted by Gasteiger charge is 2.71. The third kappa shape index (κ3) is 6.03. The van der Waals surface area contributed by atoms with Gasteiger partial charge in [0.15, 0.2) is 5.82 Å². The van der Waals surface area contributed by atoms with Crippen LogP contribution >= 0.6 is 0 Å². The van der Waals surface area contributed by atoms with E-state index in [9.17, 15) is 67.4 Å². The van der Waals surface area contributed by atoms with Crippen molar-refractivity contribution < 1.29 is 67.4 Å². The van der Waals surface area contributed by atoms with Gasteiger partial charge in [0.05, 0.1) is 30.3 Å². The van der Waals surface area contributed by atoms with Crippen molar-refractivity contribution in [3.8, 4) is 11.3 Å². The number of nitrogen functional groups attached to an aromatic ring is 1. The molecule has 4 N–H and O–H groups in total. The van der Waals surface area contributed by atoms with Crippen LogP contribution in [0.4, 0.5) is 58.5 Å². The second-order valence-electron chi connectivity index (χ2n) is 9.89. The van der Waals surface area contributed by atoms with E-state index in [2.05, 4.69) is 10.1 Å². The highest BCUT2D eigenvalue weighted by atomic mass is 19.4. The van der Waals surface area contributed by atoms with Gasteiger partial charge in [-0.05, 0) is 18.2 Å². The summed E-state index contributed by atoms with van der Waals surface area (Å²) in [5, 5.41) is 14.8. The van der Waals surface area contributed by atoms with Gasteiger partial charge in [0.1, 0.15) is 30.5 Å². The summed E-state index contributed by atoms with van der Waals surface area (Å²) in [6.45, 7) is -3.80. The van der Waals surface area contributed by atoms with Crippen LogP contribution in [-0.2, 0) is 17.6 Å². The lowest BCUT2D eigenvalue weighted by atomic mass is 9.97. The number of hydrogen-bond donors (Lipinski definition) is 3. The van der Waals surface area contributed by atoms with E-state index in [0.717, 1.165) is 12.4 Å². The number of carbonyl (C=O) groups is 2. The van der Waals surface area contributed by atoms with Gasteiger partial charge in [-0.1, -0.05) is 0 Å². The van der Waals surface area contributed by atoms with E-state index in [0.29, 0.717) is 16.6 Å². The molecule has 2 aromatic heterocycles. The summed E-state index contributed by atoms with van der Waals surface area (Å²) in [5.41, 5.74) is -4.78. The van der Waals surface area contributed by atoms with Gasteiger partial charge in [0.2, 0.25) is 5.91 Å². The molecule has 0 aliphatic carbocycles. The highest BCUT2D eigenvalue weighted by molar-refractivity contribution is 5.97. The summed E-state index contributed by atoms with van der Waals surface area (Å²) < 4.78 is 163. The summed E-state index contributed by atoms with van der Waals surface area (Å²) in [5.74, 6) is -5.51. The van der Waals surface area contributed by atoms with Gasteiger partial charge in [0, 0.05) is 23.2 Å². The van der Waals surface area contributed by atoms with E-state index in [1.54, 1.807) is 0 Å². The number of aliphatic hydroxyl groups is 1. The number of fused-ring (bicyclic) bond motifs is 1. The monoisotopic (exact) mass is 666 g/mol. The van der Waals surface area contributed by atoms with Crippen molar-refractivity contribution in [2.75, 3.05) is 18.8 Å². The zero-order valence-corrected chi connectivity index (χ0v) is 22.0. The summed E-state index contributed by atoms with van der Waals surface area (Å²) >= 11 is 0. The van der Waals surface area contributed by atoms with Crippen molar-refractivity contribution in [2.24, 2.45) is 0 Å². The first kappa shape index (κ1) is 33.6. The Morgan fingerprint density at radius 1 is 1.02 bits per heavy atom. The number of benzene rings is 1. The second kappa shape index (κ2) is 11.2. The van der Waals surface area contributed by atoms with Crippen molar-refractivity contribution in [1.29, 1.82) is 0 Å². The number of carbonyl (C=O) groups excluding carboxylic acids is 2. The number of amides is 2. The molecule has 2 amide bonds. The molecule has 1 aliphatic heterocycles. The van der Waals surface area contributed by atoms with E-state index in [-0.39, 0.29) is 4.90 Å². The Kier molecular flexibility index (Phi) is 8.40. The molecule has 2 unspecified atom stereocenters. The van der Waals surface area contributed by atoms with Crippen LogP contribution in [0, 0.1) is 5.82 Å². The molecular weight excluding hydrogens is 648 g/mol. The summed E-state index contributed by atoms with van der Waals surface area (Å²) in [4.78, 5) is 28.9. The molecule has 1 aliphatic rings. The van der Waals surface area contributed by atoms with Crippen LogP contribution in [0.5, 0.6) is 0 Å². The number of aromatic nitrogens is 3. The van der Waals surface area contributed by atoms with Gasteiger partial charge in [-0.15, -0.1) is 0 Å². The van der Waals surface area contributed by atoms with Crippen LogP contribution in [0.15, 0.2) is 24.5 Å². The average Bonchev–Trinajstić information content (AvgIpc) is 3.48. The molecule has 246 valence electrons. The first-order valence-electron chi connectivity index (χ1n) is 12.3. The SMILES string of the molecule is Nc1ncnn2c(-c3cc(F)c(CF)c(C(=O)NC4CN(C(=O)CC(O)(C(F)(F)F)C(F)(F)F)CC4F)c3)cc(C(F)(F)F)c12. The quantitative estimate of drug-likeness (QED) is 0.340. The molecule has 3 aromatic rings. The fraction of sp³-hybridized carbons (Fsp3) is 0.417. The number of nitrogens with two attached hydrogens (primary N) is 1. The second-order valence-corrected chi connectivity index (χ2v) is 9.89. The fourth-order valence-corrected chi connectivity index (χ4v) is 4.65. The minimum atomic E-state index is -6.34. The van der Waals surface area contributed by atoms with Crippen LogP contribution in [0.3, 0.4) is 0 Å². The number of alkyl halides is 11. The van der Waals surface area contributed by atoms with E-state index in [1.807, 2.05) is 5.32 Å². The molecular formula is C24H18F12N6O3. The first-order valence-corrected chi connectivity index (χ1v) is 12.3. The summed E-state index contributed by atoms with van der Waals surface area (Å²) in [6, 6.07) is -0.0372. The van der Waals surface area contributed by atoms with Gasteiger partial charge in [-0.2, -0.15) is 44.6 Å². The van der Waals surface area contributed by atoms with Gasteiger partial charge in [0.25, 0.3) is 11.5 Å². The van der Waals surface area contributed by atoms with Gasteiger partial charge >= 0.3 is 18.5 Å². The molecule has 1 aromatic carbocycles. The van der Waals surface area contributed by atoms with Gasteiger partial charge in [-0.25, -0.2) is 22.7 Å². The third-order valence-corrected chi connectivity index (χ3v) is 7.02.